The monoisotopic (exact) mass is 357 g/mol. The average Bonchev–Trinajstić information content (AvgIpc) is 3.16. The van der Waals surface area contributed by atoms with E-state index in [1.165, 1.54) is 11.2 Å². The normalized spacial score (nSPS) is 15.8. The first-order valence-corrected chi connectivity index (χ1v) is 8.20. The molecule has 1 unspecified atom stereocenters. The maximum absolute atomic E-state index is 12.5. The van der Waals surface area contributed by atoms with E-state index in [1.807, 2.05) is 12.1 Å². The summed E-state index contributed by atoms with van der Waals surface area (Å²) < 4.78 is 5.10. The van der Waals surface area contributed by atoms with Crippen molar-refractivity contribution in [3.63, 3.8) is 0 Å². The lowest BCUT2D eigenvalue weighted by molar-refractivity contribution is -0.150. The second-order valence-corrected chi connectivity index (χ2v) is 5.89. The highest BCUT2D eigenvalue weighted by Crippen LogP contribution is 2.29. The molecule has 136 valence electrons. The van der Waals surface area contributed by atoms with Crippen LogP contribution in [0.5, 0.6) is 0 Å². The van der Waals surface area contributed by atoms with Crippen molar-refractivity contribution in [3.8, 4) is 0 Å². The topological polar surface area (TPSA) is 112 Å². The van der Waals surface area contributed by atoms with Crippen LogP contribution in [0.4, 0.5) is 4.79 Å². The van der Waals surface area contributed by atoms with Crippen LogP contribution in [0.1, 0.15) is 22.9 Å². The number of nitrogens with one attached hydrogen (secondary N) is 2. The molecule has 2 aromatic rings. The Bertz CT molecular complexity index is 803. The fraction of sp³-hybridized carbons (Fsp3) is 0.278. The van der Waals surface area contributed by atoms with Crippen LogP contribution >= 0.6 is 0 Å². The number of furan rings is 1. The Morgan fingerprint density at radius 1 is 1.15 bits per heavy atom. The van der Waals surface area contributed by atoms with E-state index in [4.69, 9.17) is 4.42 Å². The van der Waals surface area contributed by atoms with E-state index in [0.29, 0.717) is 24.3 Å². The van der Waals surface area contributed by atoms with Crippen molar-refractivity contribution >= 4 is 17.9 Å². The average molecular weight is 357 g/mol. The van der Waals surface area contributed by atoms with E-state index in [1.54, 1.807) is 24.3 Å². The maximum atomic E-state index is 12.5. The summed E-state index contributed by atoms with van der Waals surface area (Å²) in [6.45, 7) is 0.209. The highest BCUT2D eigenvalue weighted by Gasteiger charge is 2.35. The van der Waals surface area contributed by atoms with Gasteiger partial charge in [0.2, 0.25) is 5.91 Å². The Morgan fingerprint density at radius 3 is 2.69 bits per heavy atom. The number of urea groups is 1. The number of hydrogen-bond acceptors (Lipinski definition) is 4. The largest absolute Gasteiger partial charge is 0.479 e. The number of carbonyl (C=O) groups is 3. The van der Waals surface area contributed by atoms with Gasteiger partial charge in [0.05, 0.1) is 19.4 Å². The zero-order valence-electron chi connectivity index (χ0n) is 14.0. The molecule has 3 N–H and O–H groups in total. The quantitative estimate of drug-likeness (QED) is 0.746. The van der Waals surface area contributed by atoms with Crippen LogP contribution in [-0.2, 0) is 22.6 Å². The van der Waals surface area contributed by atoms with Crippen molar-refractivity contribution in [2.75, 3.05) is 13.1 Å². The Hall–Kier alpha value is -3.29. The number of rotatable bonds is 5. The minimum atomic E-state index is -1.09. The number of carbonyl (C=O) groups excluding carboxylic acids is 2. The molecule has 0 bridgehead atoms. The van der Waals surface area contributed by atoms with Gasteiger partial charge in [-0.1, -0.05) is 24.3 Å². The molecule has 1 atom stereocenters. The zero-order chi connectivity index (χ0) is 18.5. The fourth-order valence-electron chi connectivity index (χ4n) is 3.00. The van der Waals surface area contributed by atoms with E-state index in [2.05, 4.69) is 10.6 Å². The molecule has 0 saturated carbocycles. The van der Waals surface area contributed by atoms with Crippen LogP contribution in [0.15, 0.2) is 47.1 Å². The molecule has 1 aromatic heterocycles. The van der Waals surface area contributed by atoms with Crippen LogP contribution in [0.2, 0.25) is 0 Å². The lowest BCUT2D eigenvalue weighted by atomic mass is 9.92. The van der Waals surface area contributed by atoms with Gasteiger partial charge in [-0.3, -0.25) is 4.79 Å². The molecule has 0 saturated heterocycles. The Kier molecular flexibility index (Phi) is 5.21. The summed E-state index contributed by atoms with van der Waals surface area (Å²) in [5.74, 6) is -0.946. The van der Waals surface area contributed by atoms with Gasteiger partial charge in [-0.05, 0) is 29.7 Å². The van der Waals surface area contributed by atoms with Gasteiger partial charge in [0, 0.05) is 6.54 Å². The minimum absolute atomic E-state index is 0.196. The van der Waals surface area contributed by atoms with Crippen molar-refractivity contribution in [2.24, 2.45) is 0 Å². The first kappa shape index (κ1) is 17.5. The number of nitrogens with zero attached hydrogens (tertiary/aromatic N) is 1. The van der Waals surface area contributed by atoms with Crippen LogP contribution in [0.25, 0.3) is 0 Å². The molecule has 0 aliphatic carbocycles. The summed E-state index contributed by atoms with van der Waals surface area (Å²) in [6, 6.07) is 9.04. The summed E-state index contributed by atoms with van der Waals surface area (Å²) in [7, 11) is 0. The number of hydrogen-bond donors (Lipinski definition) is 3. The maximum Gasteiger partial charge on any atom is 0.331 e. The number of benzene rings is 1. The fourth-order valence-corrected chi connectivity index (χ4v) is 3.00. The van der Waals surface area contributed by atoms with Gasteiger partial charge < -0.3 is 25.1 Å². The molecule has 26 heavy (non-hydrogen) atoms. The van der Waals surface area contributed by atoms with Gasteiger partial charge in [-0.25, -0.2) is 9.59 Å². The van der Waals surface area contributed by atoms with E-state index in [9.17, 15) is 19.5 Å². The van der Waals surface area contributed by atoms with Crippen LogP contribution in [0, 0.1) is 0 Å². The predicted octanol–water partition coefficient (Wildman–Crippen LogP) is 1.29. The summed E-state index contributed by atoms with van der Waals surface area (Å²) in [5, 5.41) is 14.6. The van der Waals surface area contributed by atoms with Gasteiger partial charge in [-0.15, -0.1) is 0 Å². The third kappa shape index (κ3) is 3.85. The van der Waals surface area contributed by atoms with Crippen molar-refractivity contribution < 1.29 is 23.9 Å². The summed E-state index contributed by atoms with van der Waals surface area (Å²) in [4.78, 5) is 37.2. The highest BCUT2D eigenvalue weighted by molar-refractivity contribution is 5.88. The lowest BCUT2D eigenvalue weighted by Crippen LogP contribution is -2.48. The SMILES string of the molecule is O=C(NCC(=O)N1CCc2ccccc2C1C(=O)O)NCc1ccco1. The molecule has 2 heterocycles. The molecule has 0 fully saturated rings. The first-order valence-electron chi connectivity index (χ1n) is 8.20. The first-order chi connectivity index (χ1) is 12.6. The van der Waals surface area contributed by atoms with Gasteiger partial charge >= 0.3 is 12.0 Å². The molecule has 0 spiro atoms. The number of carboxylic acids is 1. The van der Waals surface area contributed by atoms with Crippen molar-refractivity contribution in [1.29, 1.82) is 0 Å². The molecular weight excluding hydrogens is 338 g/mol. The second kappa shape index (κ2) is 7.73. The molecular formula is C18H19N3O5. The molecule has 3 amide bonds. The number of amides is 3. The van der Waals surface area contributed by atoms with Crippen molar-refractivity contribution in [1.82, 2.24) is 15.5 Å². The van der Waals surface area contributed by atoms with Gasteiger partial charge in [0.1, 0.15) is 5.76 Å². The summed E-state index contributed by atoms with van der Waals surface area (Å²) in [5.41, 5.74) is 1.54. The molecule has 0 radical (unpaired) electrons. The molecule has 1 aliphatic heterocycles. The van der Waals surface area contributed by atoms with Gasteiger partial charge in [-0.2, -0.15) is 0 Å². The number of aliphatic carboxylic acids is 1. The molecule has 8 nitrogen and oxygen atoms in total. The van der Waals surface area contributed by atoms with Gasteiger partial charge in [0.25, 0.3) is 0 Å². The minimum Gasteiger partial charge on any atom is -0.479 e. The van der Waals surface area contributed by atoms with E-state index in [-0.39, 0.29) is 13.1 Å². The summed E-state index contributed by atoms with van der Waals surface area (Å²) in [6.07, 6.45) is 2.08. The van der Waals surface area contributed by atoms with Crippen molar-refractivity contribution in [2.45, 2.75) is 19.0 Å². The molecule has 1 aromatic carbocycles. The Labute approximate surface area is 149 Å². The standard InChI is InChI=1S/C18H19N3O5/c22-15(11-20-18(25)19-10-13-5-3-9-26-13)21-8-7-12-4-1-2-6-14(12)16(21)17(23)24/h1-6,9,16H,7-8,10-11H2,(H,23,24)(H2,19,20,25). The van der Waals surface area contributed by atoms with E-state index >= 15 is 0 Å². The van der Waals surface area contributed by atoms with E-state index < -0.39 is 23.9 Å². The van der Waals surface area contributed by atoms with Gasteiger partial charge in [0.15, 0.2) is 6.04 Å². The zero-order valence-corrected chi connectivity index (χ0v) is 14.0. The third-order valence-corrected chi connectivity index (χ3v) is 4.24. The highest BCUT2D eigenvalue weighted by atomic mass is 16.4. The van der Waals surface area contributed by atoms with Crippen molar-refractivity contribution in [3.05, 3.63) is 59.5 Å². The lowest BCUT2D eigenvalue weighted by Gasteiger charge is -2.34. The number of fused-ring (bicyclic) bond motifs is 1. The molecule has 8 heteroatoms. The second-order valence-electron chi connectivity index (χ2n) is 5.89. The Morgan fingerprint density at radius 2 is 1.96 bits per heavy atom. The predicted molar refractivity (Wildman–Crippen MR) is 91.2 cm³/mol. The van der Waals surface area contributed by atoms with Crippen LogP contribution < -0.4 is 10.6 Å². The van der Waals surface area contributed by atoms with Crippen LogP contribution in [0.3, 0.4) is 0 Å². The van der Waals surface area contributed by atoms with E-state index in [0.717, 1.165) is 5.56 Å². The number of carboxylic acid groups (broad SMARTS) is 1. The molecule has 3 rings (SSSR count). The Balaban J connectivity index is 1.58. The molecule has 1 aliphatic rings. The summed E-state index contributed by atoms with van der Waals surface area (Å²) >= 11 is 0. The smallest absolute Gasteiger partial charge is 0.331 e. The van der Waals surface area contributed by atoms with Crippen LogP contribution in [-0.4, -0.2) is 41.0 Å². The third-order valence-electron chi connectivity index (χ3n) is 4.24.